The van der Waals surface area contributed by atoms with Crippen molar-refractivity contribution >= 4 is 17.8 Å². The third-order valence-electron chi connectivity index (χ3n) is 6.66. The highest BCUT2D eigenvalue weighted by molar-refractivity contribution is 5.80. The number of ether oxygens (including phenoxy) is 1. The zero-order valence-corrected chi connectivity index (χ0v) is 19.6. The first-order valence-corrected chi connectivity index (χ1v) is 11.8. The van der Waals surface area contributed by atoms with Crippen LogP contribution in [0.2, 0.25) is 0 Å². The van der Waals surface area contributed by atoms with E-state index in [4.69, 9.17) is 4.74 Å². The summed E-state index contributed by atoms with van der Waals surface area (Å²) in [6.45, 7) is 1.43. The molecule has 0 aliphatic carbocycles. The number of carbonyl (C=O) groups is 2. The number of amides is 2. The minimum absolute atomic E-state index is 0.0892. The molecule has 3 aliphatic rings. The Labute approximate surface area is 208 Å². The maximum Gasteiger partial charge on any atom is 0.419 e. The number of hydrazine groups is 1. The Morgan fingerprint density at radius 3 is 2.32 bits per heavy atom. The molecule has 0 radical (unpaired) electrons. The van der Waals surface area contributed by atoms with E-state index in [1.54, 1.807) is 9.80 Å². The summed E-state index contributed by atoms with van der Waals surface area (Å²) in [7, 11) is 0. The second kappa shape index (κ2) is 10.9. The van der Waals surface area contributed by atoms with E-state index in [0.717, 1.165) is 12.4 Å². The van der Waals surface area contributed by atoms with E-state index in [9.17, 15) is 35.9 Å². The van der Waals surface area contributed by atoms with Gasteiger partial charge in [-0.2, -0.15) is 26.3 Å². The molecule has 3 fully saturated rings. The van der Waals surface area contributed by atoms with Gasteiger partial charge >= 0.3 is 12.4 Å². The number of nitrogens with zero attached hydrogens (tertiary/aromatic N) is 4. The number of aromatic nitrogens is 2. The van der Waals surface area contributed by atoms with Crippen LogP contribution in [0, 0.1) is 5.92 Å². The molecular weight excluding hydrogens is 512 g/mol. The molecule has 16 heteroatoms. The molecule has 0 bridgehead atoms. The zero-order valence-electron chi connectivity index (χ0n) is 19.6. The molecule has 2 amide bonds. The maximum atomic E-state index is 13.3. The Morgan fingerprint density at radius 1 is 1.05 bits per heavy atom. The number of piperazine rings is 1. The number of hydrogen-bond donors (Lipinski definition) is 3. The molecule has 4 rings (SSSR count). The lowest BCUT2D eigenvalue weighted by molar-refractivity contribution is -0.193. The number of hydrogen-bond acceptors (Lipinski definition) is 8. The summed E-state index contributed by atoms with van der Waals surface area (Å²) in [6, 6.07) is -1.14. The van der Waals surface area contributed by atoms with Crippen LogP contribution in [0.25, 0.3) is 0 Å². The second-order valence-corrected chi connectivity index (χ2v) is 9.20. The molecular formula is C21H27F6N7O3. The summed E-state index contributed by atoms with van der Waals surface area (Å²) in [5.41, 5.74) is 3.51. The van der Waals surface area contributed by atoms with Crippen LogP contribution < -0.4 is 21.1 Å². The van der Waals surface area contributed by atoms with Gasteiger partial charge < -0.3 is 19.9 Å². The highest BCUT2D eigenvalue weighted by Gasteiger charge is 2.51. The first-order valence-electron chi connectivity index (χ1n) is 11.8. The fourth-order valence-electron chi connectivity index (χ4n) is 4.67. The fourth-order valence-corrected chi connectivity index (χ4v) is 4.67. The minimum Gasteiger partial charge on any atom is -0.373 e. The van der Waals surface area contributed by atoms with Crippen LogP contribution in [0.1, 0.15) is 24.8 Å². The largest absolute Gasteiger partial charge is 0.419 e. The van der Waals surface area contributed by atoms with Crippen molar-refractivity contribution in [2.45, 2.75) is 49.9 Å². The summed E-state index contributed by atoms with van der Waals surface area (Å²) >= 11 is 0. The van der Waals surface area contributed by atoms with Gasteiger partial charge in [-0.15, -0.1) is 0 Å². The predicted molar refractivity (Wildman–Crippen MR) is 116 cm³/mol. The van der Waals surface area contributed by atoms with E-state index in [-0.39, 0.29) is 43.6 Å². The average molecular weight is 539 g/mol. The topological polar surface area (TPSA) is 112 Å². The lowest BCUT2D eigenvalue weighted by Crippen LogP contribution is -2.64. The zero-order chi connectivity index (χ0) is 26.8. The van der Waals surface area contributed by atoms with Crippen LogP contribution in [0.3, 0.4) is 0 Å². The Bertz CT molecular complexity index is 953. The molecule has 4 heterocycles. The lowest BCUT2D eigenvalue weighted by atomic mass is 9.96. The number of nitrogens with one attached hydrogen (secondary N) is 3. The van der Waals surface area contributed by atoms with Gasteiger partial charge in [0.25, 0.3) is 0 Å². The highest BCUT2D eigenvalue weighted by Crippen LogP contribution is 2.31. The summed E-state index contributed by atoms with van der Waals surface area (Å²) in [5.74, 6) is -3.29. The molecule has 37 heavy (non-hydrogen) atoms. The molecule has 3 saturated heterocycles. The van der Waals surface area contributed by atoms with Gasteiger partial charge in [0, 0.05) is 57.7 Å². The van der Waals surface area contributed by atoms with E-state index in [1.807, 2.05) is 5.43 Å². The molecule has 0 saturated carbocycles. The maximum absolute atomic E-state index is 13.3. The van der Waals surface area contributed by atoms with Gasteiger partial charge in [-0.1, -0.05) is 0 Å². The molecule has 3 aliphatic heterocycles. The number of halogens is 6. The summed E-state index contributed by atoms with van der Waals surface area (Å²) in [5, 5.41) is 2.78. The van der Waals surface area contributed by atoms with E-state index in [1.165, 1.54) is 0 Å². The van der Waals surface area contributed by atoms with Crippen molar-refractivity contribution in [3.8, 4) is 0 Å². The number of rotatable bonds is 6. The number of anilines is 1. The van der Waals surface area contributed by atoms with E-state index >= 15 is 0 Å². The Balaban J connectivity index is 1.20. The van der Waals surface area contributed by atoms with E-state index < -0.39 is 35.8 Å². The molecule has 206 valence electrons. The lowest BCUT2D eigenvalue weighted by Gasteiger charge is -2.35. The first-order chi connectivity index (χ1) is 17.4. The second-order valence-electron chi connectivity index (χ2n) is 9.20. The van der Waals surface area contributed by atoms with Crippen LogP contribution in [0.5, 0.6) is 0 Å². The van der Waals surface area contributed by atoms with Crippen LogP contribution in [-0.4, -0.2) is 90.4 Å². The molecule has 0 spiro atoms. The van der Waals surface area contributed by atoms with Crippen molar-refractivity contribution in [2.75, 3.05) is 44.2 Å². The molecule has 0 aromatic carbocycles. The monoisotopic (exact) mass is 539 g/mol. The van der Waals surface area contributed by atoms with E-state index in [0.29, 0.717) is 39.0 Å². The van der Waals surface area contributed by atoms with Gasteiger partial charge in [0.1, 0.15) is 0 Å². The van der Waals surface area contributed by atoms with E-state index in [2.05, 4.69) is 20.7 Å². The van der Waals surface area contributed by atoms with Crippen molar-refractivity contribution in [1.29, 1.82) is 0 Å². The molecule has 10 nitrogen and oxygen atoms in total. The fraction of sp³-hybridized carbons (Fsp3) is 0.714. The molecule has 4 atom stereocenters. The minimum atomic E-state index is -4.68. The normalized spacial score (nSPS) is 27.4. The van der Waals surface area contributed by atoms with Gasteiger partial charge in [0.15, 0.2) is 5.92 Å². The van der Waals surface area contributed by atoms with Crippen molar-refractivity contribution in [3.05, 3.63) is 18.0 Å². The summed E-state index contributed by atoms with van der Waals surface area (Å²) in [6.07, 6.45) is -7.25. The standard InChI is InChI=1S/C21H27F6N7O3/c22-20(23,24)12-8-29-19(30-9-12)34-5-3-33(4-6-34)16(35)7-13-1-2-14(37-13)10-28-15-11-31-32-18(36)17(15)21(25,26)27/h8-9,13-15,17,28,31H,1-7,10-11H2,(H,32,36)/t13-,14-,15?,17?/m0/s1. The Hall–Kier alpha value is -2.72. The predicted octanol–water partition coefficient (Wildman–Crippen LogP) is 0.853. The highest BCUT2D eigenvalue weighted by atomic mass is 19.4. The smallest absolute Gasteiger partial charge is 0.373 e. The van der Waals surface area contributed by atoms with Gasteiger partial charge in [-0.05, 0) is 12.8 Å². The molecule has 2 unspecified atom stereocenters. The molecule has 1 aromatic rings. The van der Waals surface area contributed by atoms with Gasteiger partial charge in [-0.25, -0.2) is 15.4 Å². The quantitative estimate of drug-likeness (QED) is 0.457. The van der Waals surface area contributed by atoms with Crippen LogP contribution >= 0.6 is 0 Å². The van der Waals surface area contributed by atoms with Crippen molar-refractivity contribution < 1.29 is 40.7 Å². The molecule has 3 N–H and O–H groups in total. The van der Waals surface area contributed by atoms with Crippen molar-refractivity contribution in [3.63, 3.8) is 0 Å². The Morgan fingerprint density at radius 2 is 1.70 bits per heavy atom. The van der Waals surface area contributed by atoms with Crippen molar-refractivity contribution in [2.24, 2.45) is 5.92 Å². The summed E-state index contributed by atoms with van der Waals surface area (Å²) < 4.78 is 83.7. The van der Waals surface area contributed by atoms with Gasteiger partial charge in [0.05, 0.1) is 24.2 Å². The third kappa shape index (κ3) is 6.78. The van der Waals surface area contributed by atoms with Gasteiger partial charge in [0.2, 0.25) is 17.8 Å². The summed E-state index contributed by atoms with van der Waals surface area (Å²) in [4.78, 5) is 35.3. The SMILES string of the molecule is O=C1NNCC(NC[C@@H]2CC[C@@H](CC(=O)N3CCN(c4ncc(C(F)(F)F)cn4)CC3)O2)C1C(F)(F)F. The first kappa shape index (κ1) is 27.3. The third-order valence-corrected chi connectivity index (χ3v) is 6.66. The number of alkyl halides is 6. The molecule has 1 aromatic heterocycles. The number of carbonyl (C=O) groups excluding carboxylic acids is 2. The van der Waals surface area contributed by atoms with Crippen molar-refractivity contribution in [1.82, 2.24) is 31.0 Å². The van der Waals surface area contributed by atoms with Crippen LogP contribution in [-0.2, 0) is 20.5 Å². The average Bonchev–Trinajstić information content (AvgIpc) is 3.28. The van der Waals surface area contributed by atoms with Gasteiger partial charge in [-0.3, -0.25) is 15.0 Å². The van der Waals surface area contributed by atoms with Crippen LogP contribution in [0.4, 0.5) is 32.3 Å². The van der Waals surface area contributed by atoms with Crippen LogP contribution in [0.15, 0.2) is 12.4 Å². The Kier molecular flexibility index (Phi) is 8.08.